The molecule has 0 saturated carbocycles. The minimum absolute atomic E-state index is 0.684. The molecule has 0 saturated heterocycles. The van der Waals surface area contributed by atoms with Crippen molar-refractivity contribution in [1.82, 2.24) is 0 Å². The molecule has 1 aromatic heterocycles. The van der Waals surface area contributed by atoms with Gasteiger partial charge in [-0.15, -0.1) is 11.3 Å². The van der Waals surface area contributed by atoms with Crippen LogP contribution in [0.5, 0.6) is 11.5 Å². The van der Waals surface area contributed by atoms with E-state index in [0.717, 1.165) is 11.5 Å². The van der Waals surface area contributed by atoms with Crippen LogP contribution in [0.1, 0.15) is 13.8 Å². The van der Waals surface area contributed by atoms with Gasteiger partial charge in [-0.25, -0.2) is 0 Å². The van der Waals surface area contributed by atoms with E-state index in [0.29, 0.717) is 13.2 Å². The van der Waals surface area contributed by atoms with E-state index >= 15 is 0 Å². The summed E-state index contributed by atoms with van der Waals surface area (Å²) in [4.78, 5) is 2.54. The molecule has 0 radical (unpaired) electrons. The normalized spacial score (nSPS) is 10.8. The van der Waals surface area contributed by atoms with Gasteiger partial charge in [0.15, 0.2) is 0 Å². The van der Waals surface area contributed by atoms with Crippen molar-refractivity contribution in [3.05, 3.63) is 109 Å². The topological polar surface area (TPSA) is 18.5 Å². The van der Waals surface area contributed by atoms with E-state index in [2.05, 4.69) is 84.9 Å². The minimum atomic E-state index is 0.684. The lowest BCUT2D eigenvalue weighted by Gasteiger charge is -2.06. The van der Waals surface area contributed by atoms with Crippen molar-refractivity contribution in [3.63, 3.8) is 0 Å². The van der Waals surface area contributed by atoms with Crippen molar-refractivity contribution in [2.75, 3.05) is 13.2 Å². The molecule has 0 aliphatic carbocycles. The summed E-state index contributed by atoms with van der Waals surface area (Å²) in [5.41, 5.74) is 7.28. The van der Waals surface area contributed by atoms with Gasteiger partial charge in [0.2, 0.25) is 0 Å². The van der Waals surface area contributed by atoms with E-state index in [4.69, 9.17) is 9.47 Å². The average molecular weight is 477 g/mol. The van der Waals surface area contributed by atoms with Crippen LogP contribution in [0.4, 0.5) is 0 Å². The molecule has 5 aromatic rings. The second-order valence-corrected chi connectivity index (χ2v) is 9.32. The maximum Gasteiger partial charge on any atom is 0.119 e. The molecule has 0 atom stereocenters. The lowest BCUT2D eigenvalue weighted by atomic mass is 10.0. The molecule has 0 spiro atoms. The highest BCUT2D eigenvalue weighted by Gasteiger charge is 2.07. The van der Waals surface area contributed by atoms with Crippen molar-refractivity contribution in [2.45, 2.75) is 13.8 Å². The van der Waals surface area contributed by atoms with E-state index in [9.17, 15) is 0 Å². The number of hydrogen-bond acceptors (Lipinski definition) is 3. The molecule has 3 heteroatoms. The molecule has 0 unspecified atom stereocenters. The van der Waals surface area contributed by atoms with Crippen molar-refractivity contribution >= 4 is 11.3 Å². The first-order chi connectivity index (χ1) is 17.2. The molecular formula is C32H28O2S. The highest BCUT2D eigenvalue weighted by molar-refractivity contribution is 7.18. The molecule has 5 rings (SSSR count). The Bertz CT molecular complexity index is 1260. The first kappa shape index (κ1) is 22.9. The second kappa shape index (κ2) is 10.6. The zero-order chi connectivity index (χ0) is 24.0. The molecule has 0 aliphatic heterocycles. The molecule has 1 heterocycles. The Morgan fingerprint density at radius 3 is 1.00 bits per heavy atom. The van der Waals surface area contributed by atoms with Gasteiger partial charge >= 0.3 is 0 Å². The largest absolute Gasteiger partial charge is 0.494 e. The van der Waals surface area contributed by atoms with Gasteiger partial charge in [0.25, 0.3) is 0 Å². The molecule has 35 heavy (non-hydrogen) atoms. The van der Waals surface area contributed by atoms with Crippen LogP contribution >= 0.6 is 11.3 Å². The smallest absolute Gasteiger partial charge is 0.119 e. The second-order valence-electron chi connectivity index (χ2n) is 8.23. The van der Waals surface area contributed by atoms with E-state index in [1.807, 2.05) is 49.4 Å². The van der Waals surface area contributed by atoms with Gasteiger partial charge in [-0.1, -0.05) is 72.8 Å². The summed E-state index contributed by atoms with van der Waals surface area (Å²) >= 11 is 1.82. The Morgan fingerprint density at radius 2 is 0.686 bits per heavy atom. The standard InChI is InChI=1S/C32H28O2S/c1-3-33-29-17-13-25(14-18-29)23-5-9-27(10-6-23)31-21-22-32(35-31)28-11-7-24(8-12-28)26-15-19-30(20-16-26)34-4-2/h5-22H,3-4H2,1-2H3. The van der Waals surface area contributed by atoms with Crippen LogP contribution in [0.15, 0.2) is 109 Å². The minimum Gasteiger partial charge on any atom is -0.494 e. The van der Waals surface area contributed by atoms with Crippen LogP contribution in [-0.4, -0.2) is 13.2 Å². The van der Waals surface area contributed by atoms with Gasteiger partial charge in [-0.3, -0.25) is 0 Å². The van der Waals surface area contributed by atoms with Gasteiger partial charge in [0, 0.05) is 9.75 Å². The molecule has 174 valence electrons. The van der Waals surface area contributed by atoms with E-state index in [1.165, 1.54) is 43.1 Å². The predicted octanol–water partition coefficient (Wildman–Crippen LogP) is 9.21. The van der Waals surface area contributed by atoms with Crippen LogP contribution in [0.2, 0.25) is 0 Å². The van der Waals surface area contributed by atoms with Gasteiger partial charge in [-0.2, -0.15) is 0 Å². The quantitative estimate of drug-likeness (QED) is 0.222. The van der Waals surface area contributed by atoms with Crippen molar-refractivity contribution < 1.29 is 9.47 Å². The van der Waals surface area contributed by atoms with Gasteiger partial charge in [0.05, 0.1) is 13.2 Å². The Kier molecular flexibility index (Phi) is 6.97. The van der Waals surface area contributed by atoms with Gasteiger partial charge in [-0.05, 0) is 83.6 Å². The van der Waals surface area contributed by atoms with E-state index < -0.39 is 0 Å². The van der Waals surface area contributed by atoms with Crippen LogP contribution < -0.4 is 9.47 Å². The maximum absolute atomic E-state index is 5.55. The Balaban J connectivity index is 1.29. The molecule has 0 N–H and O–H groups in total. The van der Waals surface area contributed by atoms with E-state index in [1.54, 1.807) is 0 Å². The first-order valence-corrected chi connectivity index (χ1v) is 12.8. The van der Waals surface area contributed by atoms with Crippen molar-refractivity contribution in [2.24, 2.45) is 0 Å². The summed E-state index contributed by atoms with van der Waals surface area (Å²) in [5.74, 6) is 1.82. The third-order valence-corrected chi connectivity index (χ3v) is 7.13. The summed E-state index contributed by atoms with van der Waals surface area (Å²) in [5, 5.41) is 0. The first-order valence-electron chi connectivity index (χ1n) is 12.0. The fourth-order valence-corrected chi connectivity index (χ4v) is 5.14. The molecule has 0 bridgehead atoms. The zero-order valence-electron chi connectivity index (χ0n) is 20.0. The molecule has 0 aliphatic rings. The van der Waals surface area contributed by atoms with Crippen molar-refractivity contribution in [3.8, 4) is 54.6 Å². The number of benzene rings is 4. The number of rotatable bonds is 8. The highest BCUT2D eigenvalue weighted by atomic mass is 32.1. The number of ether oxygens (including phenoxy) is 2. The average Bonchev–Trinajstić information content (AvgIpc) is 3.41. The fourth-order valence-electron chi connectivity index (χ4n) is 4.12. The van der Waals surface area contributed by atoms with Crippen LogP contribution in [0.3, 0.4) is 0 Å². The van der Waals surface area contributed by atoms with Crippen LogP contribution in [0, 0.1) is 0 Å². The summed E-state index contributed by atoms with van der Waals surface area (Å²) in [6.07, 6.45) is 0. The summed E-state index contributed by atoms with van der Waals surface area (Å²) in [6.45, 7) is 5.37. The molecule has 0 amide bonds. The monoisotopic (exact) mass is 476 g/mol. The van der Waals surface area contributed by atoms with Gasteiger partial charge < -0.3 is 9.47 Å². The summed E-state index contributed by atoms with van der Waals surface area (Å²) < 4.78 is 11.1. The zero-order valence-corrected chi connectivity index (χ0v) is 20.8. The molecule has 0 fully saturated rings. The Hall–Kier alpha value is -3.82. The molecular weight excluding hydrogens is 448 g/mol. The third-order valence-electron chi connectivity index (χ3n) is 5.94. The summed E-state index contributed by atoms with van der Waals surface area (Å²) in [7, 11) is 0. The fraction of sp³-hybridized carbons (Fsp3) is 0.125. The third kappa shape index (κ3) is 5.31. The van der Waals surface area contributed by atoms with Crippen molar-refractivity contribution in [1.29, 1.82) is 0 Å². The van der Waals surface area contributed by atoms with Crippen LogP contribution in [-0.2, 0) is 0 Å². The van der Waals surface area contributed by atoms with Gasteiger partial charge in [0.1, 0.15) is 11.5 Å². The number of hydrogen-bond donors (Lipinski definition) is 0. The number of thiophene rings is 1. The Morgan fingerprint density at radius 1 is 0.400 bits per heavy atom. The lowest BCUT2D eigenvalue weighted by Crippen LogP contribution is -1.90. The highest BCUT2D eigenvalue weighted by Crippen LogP contribution is 2.36. The van der Waals surface area contributed by atoms with Crippen LogP contribution in [0.25, 0.3) is 43.1 Å². The Labute approximate surface area is 211 Å². The SMILES string of the molecule is CCOc1ccc(-c2ccc(-c3ccc(-c4ccc(-c5ccc(OCC)cc5)cc4)s3)cc2)cc1. The predicted molar refractivity (Wildman–Crippen MR) is 148 cm³/mol. The summed E-state index contributed by atoms with van der Waals surface area (Å²) in [6, 6.07) is 38.6. The lowest BCUT2D eigenvalue weighted by molar-refractivity contribution is 0.340. The molecule has 4 aromatic carbocycles. The maximum atomic E-state index is 5.55. The van der Waals surface area contributed by atoms with E-state index in [-0.39, 0.29) is 0 Å². The molecule has 2 nitrogen and oxygen atoms in total.